The molecule has 1 aromatic rings. The Morgan fingerprint density at radius 2 is 2.00 bits per heavy atom. The Labute approximate surface area is 122 Å². The number of halogens is 3. The van der Waals surface area contributed by atoms with Crippen molar-refractivity contribution in [3.8, 4) is 5.75 Å². The van der Waals surface area contributed by atoms with Gasteiger partial charge in [-0.15, -0.1) is 0 Å². The van der Waals surface area contributed by atoms with Crippen LogP contribution in [0.25, 0.3) is 0 Å². The van der Waals surface area contributed by atoms with Crippen LogP contribution in [0.15, 0.2) is 24.3 Å². The van der Waals surface area contributed by atoms with Gasteiger partial charge in [-0.2, -0.15) is 13.2 Å². The number of ether oxygens (including phenoxy) is 1. The van der Waals surface area contributed by atoms with E-state index in [0.29, 0.717) is 5.92 Å². The van der Waals surface area contributed by atoms with E-state index in [1.807, 2.05) is 0 Å². The predicted octanol–water partition coefficient (Wildman–Crippen LogP) is 2.75. The number of alkyl halides is 3. The highest BCUT2D eigenvalue weighted by Crippen LogP contribution is 2.31. The summed E-state index contributed by atoms with van der Waals surface area (Å²) in [6.45, 7) is 2.25. The summed E-state index contributed by atoms with van der Waals surface area (Å²) in [7, 11) is 2.07. The second-order valence-electron chi connectivity index (χ2n) is 5.64. The molecule has 1 aromatic carbocycles. The minimum absolute atomic E-state index is 0.145. The third kappa shape index (κ3) is 4.61. The molecule has 2 rings (SSSR count). The average molecular weight is 302 g/mol. The van der Waals surface area contributed by atoms with E-state index in [2.05, 4.69) is 11.9 Å². The fraction of sp³-hybridized carbons (Fsp3) is 0.600. The first-order valence-electron chi connectivity index (χ1n) is 7.10. The molecule has 3 nitrogen and oxygen atoms in total. The summed E-state index contributed by atoms with van der Waals surface area (Å²) in [5, 5.41) is 0. The molecular formula is C15H21F3N2O. The van der Waals surface area contributed by atoms with Crippen molar-refractivity contribution in [1.82, 2.24) is 4.90 Å². The number of likely N-dealkylation sites (tertiary alicyclic amines) is 1. The molecule has 0 radical (unpaired) electrons. The quantitative estimate of drug-likeness (QED) is 0.929. The van der Waals surface area contributed by atoms with E-state index in [9.17, 15) is 13.2 Å². The van der Waals surface area contributed by atoms with E-state index in [-0.39, 0.29) is 18.4 Å². The van der Waals surface area contributed by atoms with Crippen LogP contribution in [0.2, 0.25) is 0 Å². The Bertz CT molecular complexity index is 456. The molecule has 0 spiro atoms. The Balaban J connectivity index is 1.88. The standard InChI is InChI=1S/C15H21F3N2O/c1-20-7-5-11(6-8-20)14(19)10-21-13-4-2-3-12(9-13)15(16,17)18/h2-4,9,11,14H,5-8,10,19H2,1H3. The Kier molecular flexibility index (Phi) is 5.11. The molecule has 0 amide bonds. The molecule has 1 saturated heterocycles. The summed E-state index contributed by atoms with van der Waals surface area (Å²) in [5.74, 6) is 0.584. The summed E-state index contributed by atoms with van der Waals surface area (Å²) in [4.78, 5) is 2.25. The third-order valence-corrected chi connectivity index (χ3v) is 3.97. The number of rotatable bonds is 4. The molecule has 21 heavy (non-hydrogen) atoms. The smallest absolute Gasteiger partial charge is 0.416 e. The van der Waals surface area contributed by atoms with Crippen molar-refractivity contribution in [2.75, 3.05) is 26.7 Å². The highest BCUT2D eigenvalue weighted by atomic mass is 19.4. The van der Waals surface area contributed by atoms with Crippen molar-refractivity contribution in [2.24, 2.45) is 11.7 Å². The van der Waals surface area contributed by atoms with Gasteiger partial charge in [0, 0.05) is 6.04 Å². The van der Waals surface area contributed by atoms with E-state index in [0.717, 1.165) is 38.1 Å². The van der Waals surface area contributed by atoms with Gasteiger partial charge in [-0.1, -0.05) is 6.07 Å². The average Bonchev–Trinajstić information content (AvgIpc) is 2.45. The van der Waals surface area contributed by atoms with Crippen LogP contribution in [0.5, 0.6) is 5.75 Å². The molecule has 0 aliphatic carbocycles. The lowest BCUT2D eigenvalue weighted by molar-refractivity contribution is -0.137. The second-order valence-corrected chi connectivity index (χ2v) is 5.64. The van der Waals surface area contributed by atoms with Crippen molar-refractivity contribution in [2.45, 2.75) is 25.1 Å². The van der Waals surface area contributed by atoms with Crippen LogP contribution in [0.1, 0.15) is 18.4 Å². The highest BCUT2D eigenvalue weighted by Gasteiger charge is 2.30. The van der Waals surface area contributed by atoms with E-state index >= 15 is 0 Å². The Morgan fingerprint density at radius 1 is 1.33 bits per heavy atom. The minimum atomic E-state index is -4.35. The molecule has 118 valence electrons. The first-order chi connectivity index (χ1) is 9.86. The molecule has 0 bridgehead atoms. The van der Waals surface area contributed by atoms with Crippen molar-refractivity contribution in [1.29, 1.82) is 0 Å². The molecular weight excluding hydrogens is 281 g/mol. The van der Waals surface area contributed by atoms with Gasteiger partial charge in [-0.3, -0.25) is 0 Å². The summed E-state index contributed by atoms with van der Waals surface area (Å²) >= 11 is 0. The van der Waals surface area contributed by atoms with Gasteiger partial charge in [0.05, 0.1) is 5.56 Å². The summed E-state index contributed by atoms with van der Waals surface area (Å²) in [6, 6.07) is 4.77. The number of hydrogen-bond acceptors (Lipinski definition) is 3. The lowest BCUT2D eigenvalue weighted by Crippen LogP contribution is -2.42. The van der Waals surface area contributed by atoms with E-state index < -0.39 is 11.7 Å². The number of hydrogen-bond donors (Lipinski definition) is 1. The highest BCUT2D eigenvalue weighted by molar-refractivity contribution is 5.30. The lowest BCUT2D eigenvalue weighted by Gasteiger charge is -2.32. The van der Waals surface area contributed by atoms with Gasteiger partial charge in [0.25, 0.3) is 0 Å². The molecule has 1 fully saturated rings. The fourth-order valence-electron chi connectivity index (χ4n) is 2.55. The van der Waals surface area contributed by atoms with Crippen LogP contribution in [0.4, 0.5) is 13.2 Å². The zero-order valence-electron chi connectivity index (χ0n) is 12.1. The predicted molar refractivity (Wildman–Crippen MR) is 75.1 cm³/mol. The topological polar surface area (TPSA) is 38.5 Å². The maximum absolute atomic E-state index is 12.6. The molecule has 1 unspecified atom stereocenters. The SMILES string of the molecule is CN1CCC(C(N)COc2cccc(C(F)(F)F)c2)CC1. The summed E-state index contributed by atoms with van der Waals surface area (Å²) in [5.41, 5.74) is 5.40. The van der Waals surface area contributed by atoms with Crippen molar-refractivity contribution in [3.05, 3.63) is 29.8 Å². The molecule has 2 N–H and O–H groups in total. The van der Waals surface area contributed by atoms with E-state index in [1.54, 1.807) is 0 Å². The molecule has 0 saturated carbocycles. The van der Waals surface area contributed by atoms with Crippen molar-refractivity contribution < 1.29 is 17.9 Å². The van der Waals surface area contributed by atoms with Gasteiger partial charge >= 0.3 is 6.18 Å². The fourth-order valence-corrected chi connectivity index (χ4v) is 2.55. The summed E-state index contributed by atoms with van der Waals surface area (Å²) in [6.07, 6.45) is -2.34. The maximum Gasteiger partial charge on any atom is 0.416 e. The van der Waals surface area contributed by atoms with E-state index in [1.165, 1.54) is 12.1 Å². The normalized spacial score (nSPS) is 19.5. The lowest BCUT2D eigenvalue weighted by atomic mass is 9.90. The first kappa shape index (κ1) is 16.1. The van der Waals surface area contributed by atoms with Crippen LogP contribution >= 0.6 is 0 Å². The van der Waals surface area contributed by atoms with Crippen LogP contribution in [-0.2, 0) is 6.18 Å². The third-order valence-electron chi connectivity index (χ3n) is 3.97. The maximum atomic E-state index is 12.6. The Morgan fingerprint density at radius 3 is 2.62 bits per heavy atom. The molecule has 6 heteroatoms. The molecule has 1 atom stereocenters. The zero-order valence-corrected chi connectivity index (χ0v) is 12.1. The second kappa shape index (κ2) is 6.66. The van der Waals surface area contributed by atoms with Gasteiger partial charge in [0.1, 0.15) is 12.4 Å². The van der Waals surface area contributed by atoms with E-state index in [4.69, 9.17) is 10.5 Å². The van der Waals surface area contributed by atoms with Gasteiger partial charge in [-0.25, -0.2) is 0 Å². The van der Waals surface area contributed by atoms with Crippen LogP contribution in [0, 0.1) is 5.92 Å². The first-order valence-corrected chi connectivity index (χ1v) is 7.10. The number of nitrogens with two attached hydrogens (primary N) is 1. The number of piperidine rings is 1. The summed E-state index contributed by atoms with van der Waals surface area (Å²) < 4.78 is 43.3. The van der Waals surface area contributed by atoms with Gasteiger partial charge < -0.3 is 15.4 Å². The minimum Gasteiger partial charge on any atom is -0.492 e. The van der Waals surface area contributed by atoms with Gasteiger partial charge in [0.15, 0.2) is 0 Å². The monoisotopic (exact) mass is 302 g/mol. The number of benzene rings is 1. The zero-order chi connectivity index (χ0) is 15.5. The van der Waals surface area contributed by atoms with Gasteiger partial charge in [-0.05, 0) is 57.1 Å². The van der Waals surface area contributed by atoms with Crippen LogP contribution < -0.4 is 10.5 Å². The largest absolute Gasteiger partial charge is 0.492 e. The van der Waals surface area contributed by atoms with Crippen molar-refractivity contribution in [3.63, 3.8) is 0 Å². The van der Waals surface area contributed by atoms with Crippen LogP contribution in [-0.4, -0.2) is 37.7 Å². The Hall–Kier alpha value is -1.27. The number of nitrogens with zero attached hydrogens (tertiary/aromatic N) is 1. The van der Waals surface area contributed by atoms with Gasteiger partial charge in [0.2, 0.25) is 0 Å². The molecule has 0 aromatic heterocycles. The molecule has 1 aliphatic rings. The van der Waals surface area contributed by atoms with Crippen molar-refractivity contribution >= 4 is 0 Å². The molecule has 1 heterocycles. The molecule has 1 aliphatic heterocycles. The van der Waals surface area contributed by atoms with Crippen LogP contribution in [0.3, 0.4) is 0 Å².